The topological polar surface area (TPSA) is 51.0 Å². The Bertz CT molecular complexity index is 1240. The van der Waals surface area contributed by atoms with Crippen molar-refractivity contribution in [1.82, 2.24) is 19.7 Å². The lowest BCUT2D eigenvalue weighted by molar-refractivity contribution is -0.128. The first-order valence-corrected chi connectivity index (χ1v) is 11.8. The lowest BCUT2D eigenvalue weighted by Crippen LogP contribution is -2.31. The number of amides is 1. The Balaban J connectivity index is 1.53. The van der Waals surface area contributed by atoms with Crippen molar-refractivity contribution in [2.75, 3.05) is 12.8 Å². The van der Waals surface area contributed by atoms with Crippen LogP contribution in [0, 0.1) is 11.6 Å². The summed E-state index contributed by atoms with van der Waals surface area (Å²) in [6.45, 7) is 2.42. The summed E-state index contributed by atoms with van der Waals surface area (Å²) in [4.78, 5) is 14.6. The zero-order chi connectivity index (χ0) is 24.1. The zero-order valence-corrected chi connectivity index (χ0v) is 19.7. The average molecular weight is 479 g/mol. The van der Waals surface area contributed by atoms with E-state index in [2.05, 4.69) is 10.2 Å². The van der Waals surface area contributed by atoms with Crippen LogP contribution in [0.15, 0.2) is 84.0 Å². The largest absolute Gasteiger partial charge is 0.338 e. The quantitative estimate of drug-likeness (QED) is 0.310. The van der Waals surface area contributed by atoms with Gasteiger partial charge in [-0.3, -0.25) is 9.36 Å². The van der Waals surface area contributed by atoms with E-state index in [9.17, 15) is 13.6 Å². The third-order valence-corrected chi connectivity index (χ3v) is 6.61. The Kier molecular flexibility index (Phi) is 7.37. The summed E-state index contributed by atoms with van der Waals surface area (Å²) in [6, 6.07) is 21.9. The van der Waals surface area contributed by atoms with Gasteiger partial charge in [0.15, 0.2) is 11.0 Å². The second-order valence-corrected chi connectivity index (χ2v) is 8.85. The van der Waals surface area contributed by atoms with Crippen molar-refractivity contribution in [3.8, 4) is 11.4 Å². The minimum absolute atomic E-state index is 0.0839. The molecule has 0 saturated carbocycles. The average Bonchev–Trinajstić information content (AvgIpc) is 3.25. The lowest BCUT2D eigenvalue weighted by atomic mass is 10.1. The molecule has 1 heterocycles. The molecular formula is C26H24F2N4OS. The van der Waals surface area contributed by atoms with E-state index < -0.39 is 0 Å². The van der Waals surface area contributed by atoms with E-state index in [0.29, 0.717) is 17.5 Å². The molecule has 0 fully saturated rings. The molecule has 1 unspecified atom stereocenters. The van der Waals surface area contributed by atoms with E-state index in [4.69, 9.17) is 0 Å². The summed E-state index contributed by atoms with van der Waals surface area (Å²) in [5.41, 5.74) is 2.65. The number of carbonyl (C=O) groups is 1. The molecule has 0 bridgehead atoms. The third-order valence-electron chi connectivity index (χ3n) is 5.65. The van der Waals surface area contributed by atoms with Crippen molar-refractivity contribution in [3.63, 3.8) is 0 Å². The molecule has 0 saturated heterocycles. The van der Waals surface area contributed by atoms with Gasteiger partial charge in [-0.1, -0.05) is 54.2 Å². The molecule has 1 aromatic heterocycles. The fourth-order valence-electron chi connectivity index (χ4n) is 3.53. The number of thioether (sulfide) groups is 1. The molecule has 4 aromatic rings. The first kappa shape index (κ1) is 23.6. The minimum Gasteiger partial charge on any atom is -0.338 e. The Morgan fingerprint density at radius 3 is 2.21 bits per heavy atom. The number of hydrogen-bond acceptors (Lipinski definition) is 4. The normalized spacial score (nSPS) is 11.9. The molecule has 0 aliphatic heterocycles. The third kappa shape index (κ3) is 5.51. The first-order chi connectivity index (χ1) is 16.4. The Morgan fingerprint density at radius 2 is 1.56 bits per heavy atom. The Hall–Kier alpha value is -3.52. The van der Waals surface area contributed by atoms with Gasteiger partial charge in [0.05, 0.1) is 18.3 Å². The monoisotopic (exact) mass is 478 g/mol. The lowest BCUT2D eigenvalue weighted by Gasteiger charge is -2.25. The Labute approximate surface area is 201 Å². The predicted octanol–water partition coefficient (Wildman–Crippen LogP) is 5.58. The van der Waals surface area contributed by atoms with Crippen LogP contribution in [0.1, 0.15) is 24.1 Å². The first-order valence-electron chi connectivity index (χ1n) is 10.8. The van der Waals surface area contributed by atoms with Gasteiger partial charge < -0.3 is 4.90 Å². The predicted molar refractivity (Wildman–Crippen MR) is 129 cm³/mol. The van der Waals surface area contributed by atoms with Crippen LogP contribution in [0.2, 0.25) is 0 Å². The molecule has 0 aliphatic rings. The number of rotatable bonds is 8. The summed E-state index contributed by atoms with van der Waals surface area (Å²) >= 11 is 1.30. The second-order valence-electron chi connectivity index (χ2n) is 7.91. The van der Waals surface area contributed by atoms with Crippen molar-refractivity contribution in [3.05, 3.63) is 102 Å². The number of benzene rings is 3. The van der Waals surface area contributed by atoms with Gasteiger partial charge in [0.1, 0.15) is 11.6 Å². The molecule has 0 spiro atoms. The van der Waals surface area contributed by atoms with Crippen LogP contribution in [-0.4, -0.2) is 38.4 Å². The van der Waals surface area contributed by atoms with Crippen molar-refractivity contribution in [1.29, 1.82) is 0 Å². The van der Waals surface area contributed by atoms with Gasteiger partial charge in [-0.05, 0) is 54.4 Å². The SMILES string of the molecule is CC(c1ccc(F)cc1)N(C)C(=O)CSc1nnc(-c2ccc(F)cc2)n1Cc1ccccc1. The maximum absolute atomic E-state index is 13.4. The maximum atomic E-state index is 13.4. The van der Waals surface area contributed by atoms with E-state index in [1.54, 1.807) is 36.2 Å². The summed E-state index contributed by atoms with van der Waals surface area (Å²) < 4.78 is 28.6. The smallest absolute Gasteiger partial charge is 0.233 e. The molecule has 0 N–H and O–H groups in total. The highest BCUT2D eigenvalue weighted by molar-refractivity contribution is 7.99. The summed E-state index contributed by atoms with van der Waals surface area (Å²) in [5, 5.41) is 9.26. The molecule has 3 aromatic carbocycles. The molecule has 0 aliphatic carbocycles. The van der Waals surface area contributed by atoms with Crippen LogP contribution in [0.4, 0.5) is 8.78 Å². The van der Waals surface area contributed by atoms with E-state index in [-0.39, 0.29) is 29.3 Å². The molecule has 4 rings (SSSR count). The van der Waals surface area contributed by atoms with Crippen molar-refractivity contribution < 1.29 is 13.6 Å². The highest BCUT2D eigenvalue weighted by Crippen LogP contribution is 2.27. The van der Waals surface area contributed by atoms with E-state index >= 15 is 0 Å². The highest BCUT2D eigenvalue weighted by atomic mass is 32.2. The molecule has 1 atom stereocenters. The standard InChI is InChI=1S/C26H24F2N4OS/c1-18(20-8-12-22(27)13-9-20)31(2)24(33)17-34-26-30-29-25(21-10-14-23(28)15-11-21)32(26)16-19-6-4-3-5-7-19/h3-15,18H,16-17H2,1-2H3. The molecule has 1 amide bonds. The van der Waals surface area contributed by atoms with Gasteiger partial charge in [0.2, 0.25) is 5.91 Å². The van der Waals surface area contributed by atoms with Gasteiger partial charge >= 0.3 is 0 Å². The number of nitrogens with zero attached hydrogens (tertiary/aromatic N) is 4. The zero-order valence-electron chi connectivity index (χ0n) is 18.9. The van der Waals surface area contributed by atoms with Gasteiger partial charge in [-0.15, -0.1) is 10.2 Å². The van der Waals surface area contributed by atoms with Gasteiger partial charge in [0.25, 0.3) is 0 Å². The van der Waals surface area contributed by atoms with E-state index in [1.165, 1.54) is 36.0 Å². The van der Waals surface area contributed by atoms with Crippen LogP contribution in [0.3, 0.4) is 0 Å². The molecule has 8 heteroatoms. The molecule has 34 heavy (non-hydrogen) atoms. The number of hydrogen-bond donors (Lipinski definition) is 0. The van der Waals surface area contributed by atoms with Gasteiger partial charge in [0, 0.05) is 12.6 Å². The molecular weight excluding hydrogens is 454 g/mol. The van der Waals surface area contributed by atoms with Crippen molar-refractivity contribution in [2.24, 2.45) is 0 Å². The molecule has 174 valence electrons. The van der Waals surface area contributed by atoms with Crippen LogP contribution in [0.5, 0.6) is 0 Å². The van der Waals surface area contributed by atoms with Crippen LogP contribution < -0.4 is 0 Å². The number of halogens is 2. The molecule has 5 nitrogen and oxygen atoms in total. The minimum atomic E-state index is -0.323. The van der Waals surface area contributed by atoms with Crippen LogP contribution in [-0.2, 0) is 11.3 Å². The summed E-state index contributed by atoms with van der Waals surface area (Å²) in [7, 11) is 1.73. The summed E-state index contributed by atoms with van der Waals surface area (Å²) in [6.07, 6.45) is 0. The fourth-order valence-corrected chi connectivity index (χ4v) is 4.39. The van der Waals surface area contributed by atoms with E-state index in [0.717, 1.165) is 16.7 Å². The van der Waals surface area contributed by atoms with Crippen molar-refractivity contribution in [2.45, 2.75) is 24.7 Å². The van der Waals surface area contributed by atoms with Gasteiger partial charge in [-0.25, -0.2) is 8.78 Å². The van der Waals surface area contributed by atoms with Crippen molar-refractivity contribution >= 4 is 17.7 Å². The van der Waals surface area contributed by atoms with Crippen LogP contribution >= 0.6 is 11.8 Å². The second kappa shape index (κ2) is 10.6. The summed E-state index contributed by atoms with van der Waals surface area (Å²) in [5.74, 6) is 0.0519. The number of carbonyl (C=O) groups excluding carboxylic acids is 1. The maximum Gasteiger partial charge on any atom is 0.233 e. The Morgan fingerprint density at radius 1 is 0.941 bits per heavy atom. The van der Waals surface area contributed by atoms with Crippen LogP contribution in [0.25, 0.3) is 11.4 Å². The molecule has 0 radical (unpaired) electrons. The van der Waals surface area contributed by atoms with Gasteiger partial charge in [-0.2, -0.15) is 0 Å². The van der Waals surface area contributed by atoms with E-state index in [1.807, 2.05) is 41.8 Å². The number of aromatic nitrogens is 3. The highest BCUT2D eigenvalue weighted by Gasteiger charge is 2.20. The fraction of sp³-hybridized carbons (Fsp3) is 0.192.